The van der Waals surface area contributed by atoms with Crippen LogP contribution in [0.3, 0.4) is 0 Å². The molecule has 1 aliphatic heterocycles. The molecule has 1 saturated heterocycles. The summed E-state index contributed by atoms with van der Waals surface area (Å²) in [5.74, 6) is 0.567. The number of benzene rings is 1. The molecule has 0 bridgehead atoms. The molecular formula is C16H18BrNO3S. The van der Waals surface area contributed by atoms with E-state index in [4.69, 9.17) is 4.74 Å². The van der Waals surface area contributed by atoms with Crippen LogP contribution in [0.25, 0.3) is 6.08 Å². The Balaban J connectivity index is 2.18. The van der Waals surface area contributed by atoms with Crippen molar-refractivity contribution in [3.63, 3.8) is 0 Å². The molecule has 0 spiro atoms. The first-order valence-corrected chi connectivity index (χ1v) is 8.85. The van der Waals surface area contributed by atoms with Crippen LogP contribution in [0.15, 0.2) is 27.6 Å². The number of carbonyl (C=O) groups is 2. The summed E-state index contributed by atoms with van der Waals surface area (Å²) in [6.07, 6.45) is 3.45. The highest BCUT2D eigenvalue weighted by molar-refractivity contribution is 9.10. The van der Waals surface area contributed by atoms with Crippen LogP contribution >= 0.6 is 27.7 Å². The fraction of sp³-hybridized carbons (Fsp3) is 0.375. The highest BCUT2D eigenvalue weighted by Gasteiger charge is 2.34. The van der Waals surface area contributed by atoms with Gasteiger partial charge in [0.1, 0.15) is 5.75 Å². The minimum absolute atomic E-state index is 0.194. The van der Waals surface area contributed by atoms with Crippen LogP contribution in [0.2, 0.25) is 0 Å². The van der Waals surface area contributed by atoms with Gasteiger partial charge in [-0.2, -0.15) is 0 Å². The molecule has 2 amide bonds. The van der Waals surface area contributed by atoms with Gasteiger partial charge >= 0.3 is 0 Å². The first-order chi connectivity index (χ1) is 10.6. The maximum Gasteiger partial charge on any atom is 0.293 e. The quantitative estimate of drug-likeness (QED) is 0.668. The van der Waals surface area contributed by atoms with Crippen molar-refractivity contribution in [2.75, 3.05) is 13.2 Å². The van der Waals surface area contributed by atoms with Crippen LogP contribution in [0.4, 0.5) is 4.79 Å². The van der Waals surface area contributed by atoms with Gasteiger partial charge in [-0.25, -0.2) is 0 Å². The molecule has 4 nitrogen and oxygen atoms in total. The molecule has 1 aliphatic rings. The number of hydrogen-bond donors (Lipinski definition) is 0. The summed E-state index contributed by atoms with van der Waals surface area (Å²) >= 11 is 4.46. The smallest absolute Gasteiger partial charge is 0.293 e. The molecule has 118 valence electrons. The van der Waals surface area contributed by atoms with E-state index in [-0.39, 0.29) is 11.1 Å². The van der Waals surface area contributed by atoms with E-state index in [0.717, 1.165) is 40.4 Å². The van der Waals surface area contributed by atoms with Crippen molar-refractivity contribution in [1.29, 1.82) is 0 Å². The van der Waals surface area contributed by atoms with Gasteiger partial charge in [0.15, 0.2) is 0 Å². The van der Waals surface area contributed by atoms with Gasteiger partial charge in [-0.3, -0.25) is 14.5 Å². The van der Waals surface area contributed by atoms with E-state index in [0.29, 0.717) is 18.1 Å². The first kappa shape index (κ1) is 17.1. The Labute approximate surface area is 143 Å². The van der Waals surface area contributed by atoms with E-state index in [1.54, 1.807) is 6.08 Å². The number of amides is 2. The van der Waals surface area contributed by atoms with Crippen LogP contribution in [0, 0.1) is 0 Å². The third-order valence-corrected chi connectivity index (χ3v) is 4.56. The predicted molar refractivity (Wildman–Crippen MR) is 92.9 cm³/mol. The number of rotatable bonds is 6. The lowest BCUT2D eigenvalue weighted by atomic mass is 10.2. The molecule has 22 heavy (non-hydrogen) atoms. The molecule has 0 radical (unpaired) electrons. The zero-order valence-electron chi connectivity index (χ0n) is 12.6. The van der Waals surface area contributed by atoms with Gasteiger partial charge in [0.25, 0.3) is 11.1 Å². The first-order valence-electron chi connectivity index (χ1n) is 7.24. The lowest BCUT2D eigenvalue weighted by Crippen LogP contribution is -2.28. The number of halogens is 1. The Morgan fingerprint density at radius 2 is 2.05 bits per heavy atom. The fourth-order valence-corrected chi connectivity index (χ4v) is 3.38. The molecule has 0 unspecified atom stereocenters. The van der Waals surface area contributed by atoms with Crippen molar-refractivity contribution in [3.8, 4) is 5.75 Å². The summed E-state index contributed by atoms with van der Waals surface area (Å²) in [6, 6.07) is 5.63. The lowest BCUT2D eigenvalue weighted by molar-refractivity contribution is -0.122. The summed E-state index contributed by atoms with van der Waals surface area (Å²) in [5.41, 5.74) is 0.859. The Morgan fingerprint density at radius 3 is 2.68 bits per heavy atom. The van der Waals surface area contributed by atoms with E-state index in [1.807, 2.05) is 25.1 Å². The van der Waals surface area contributed by atoms with Crippen LogP contribution in [-0.4, -0.2) is 29.2 Å². The number of hydrogen-bond acceptors (Lipinski definition) is 4. The van der Waals surface area contributed by atoms with Crippen molar-refractivity contribution in [2.24, 2.45) is 0 Å². The monoisotopic (exact) mass is 383 g/mol. The Kier molecular flexibility index (Phi) is 6.08. The molecule has 0 atom stereocenters. The highest BCUT2D eigenvalue weighted by Crippen LogP contribution is 2.33. The molecule has 1 heterocycles. The van der Waals surface area contributed by atoms with Crippen molar-refractivity contribution >= 4 is 44.9 Å². The SMILES string of the molecule is CCCOc1ccc(/C=C2\SC(=O)N(CCC)C2=O)cc1Br. The van der Waals surface area contributed by atoms with Gasteiger partial charge in [-0.05, 0) is 64.3 Å². The second-order valence-corrected chi connectivity index (χ2v) is 6.72. The van der Waals surface area contributed by atoms with E-state index >= 15 is 0 Å². The van der Waals surface area contributed by atoms with Crippen molar-refractivity contribution in [3.05, 3.63) is 33.1 Å². The third kappa shape index (κ3) is 3.93. The minimum Gasteiger partial charge on any atom is -0.492 e. The molecule has 1 aromatic rings. The molecule has 1 aromatic carbocycles. The Morgan fingerprint density at radius 1 is 1.27 bits per heavy atom. The van der Waals surface area contributed by atoms with Gasteiger partial charge < -0.3 is 4.74 Å². The molecule has 0 aliphatic carbocycles. The molecule has 1 fully saturated rings. The zero-order valence-corrected chi connectivity index (χ0v) is 15.0. The summed E-state index contributed by atoms with van der Waals surface area (Å²) in [5, 5.41) is -0.194. The highest BCUT2D eigenvalue weighted by atomic mass is 79.9. The Hall–Kier alpha value is -1.27. The summed E-state index contributed by atoms with van der Waals surface area (Å²) < 4.78 is 6.43. The zero-order chi connectivity index (χ0) is 16.1. The van der Waals surface area contributed by atoms with Gasteiger partial charge in [-0.1, -0.05) is 19.9 Å². The Bertz CT molecular complexity index is 615. The maximum absolute atomic E-state index is 12.2. The normalized spacial score (nSPS) is 16.7. The van der Waals surface area contributed by atoms with Gasteiger partial charge in [-0.15, -0.1) is 0 Å². The van der Waals surface area contributed by atoms with Crippen LogP contribution in [0.5, 0.6) is 5.75 Å². The fourth-order valence-electron chi connectivity index (χ4n) is 2.00. The van der Waals surface area contributed by atoms with Crippen LogP contribution < -0.4 is 4.74 Å². The van der Waals surface area contributed by atoms with E-state index < -0.39 is 0 Å². The number of thioether (sulfide) groups is 1. The average Bonchev–Trinajstić information content (AvgIpc) is 2.74. The standard InChI is InChI=1S/C16H18BrNO3S/c1-3-7-18-15(19)14(22-16(18)20)10-11-5-6-13(12(17)9-11)21-8-4-2/h5-6,9-10H,3-4,7-8H2,1-2H3/b14-10-. The number of carbonyl (C=O) groups excluding carboxylic acids is 2. The lowest BCUT2D eigenvalue weighted by Gasteiger charge is -2.09. The maximum atomic E-state index is 12.2. The molecular weight excluding hydrogens is 366 g/mol. The van der Waals surface area contributed by atoms with Crippen LogP contribution in [0.1, 0.15) is 32.3 Å². The van der Waals surface area contributed by atoms with Crippen molar-refractivity contribution in [1.82, 2.24) is 4.90 Å². The number of nitrogens with zero attached hydrogens (tertiary/aromatic N) is 1. The molecule has 2 rings (SSSR count). The average molecular weight is 384 g/mol. The predicted octanol–water partition coefficient (Wildman–Crippen LogP) is 4.68. The van der Waals surface area contributed by atoms with E-state index in [2.05, 4.69) is 22.9 Å². The third-order valence-electron chi connectivity index (χ3n) is 3.04. The number of ether oxygens (including phenoxy) is 1. The van der Waals surface area contributed by atoms with Gasteiger partial charge in [0.05, 0.1) is 16.0 Å². The van der Waals surface area contributed by atoms with Crippen molar-refractivity contribution < 1.29 is 14.3 Å². The van der Waals surface area contributed by atoms with E-state index in [9.17, 15) is 9.59 Å². The van der Waals surface area contributed by atoms with Crippen molar-refractivity contribution in [2.45, 2.75) is 26.7 Å². The van der Waals surface area contributed by atoms with Crippen LogP contribution in [-0.2, 0) is 4.79 Å². The second-order valence-electron chi connectivity index (χ2n) is 4.87. The largest absolute Gasteiger partial charge is 0.492 e. The van der Waals surface area contributed by atoms with Gasteiger partial charge in [0.2, 0.25) is 0 Å². The summed E-state index contributed by atoms with van der Waals surface area (Å²) in [6.45, 7) is 5.12. The second kappa shape index (κ2) is 7.83. The molecule has 0 saturated carbocycles. The minimum atomic E-state index is -0.209. The molecule has 0 N–H and O–H groups in total. The number of imide groups is 1. The molecule has 0 aromatic heterocycles. The van der Waals surface area contributed by atoms with Gasteiger partial charge in [0, 0.05) is 6.54 Å². The van der Waals surface area contributed by atoms with E-state index in [1.165, 1.54) is 4.90 Å². The summed E-state index contributed by atoms with van der Waals surface area (Å²) in [4.78, 5) is 25.8. The molecule has 6 heteroatoms. The topological polar surface area (TPSA) is 46.6 Å². The summed E-state index contributed by atoms with van der Waals surface area (Å²) in [7, 11) is 0.